The highest BCUT2D eigenvalue weighted by Gasteiger charge is 2.26. The number of aliphatic hydroxyl groups excluding tert-OH is 1. The highest BCUT2D eigenvalue weighted by atomic mass is 16.3. The number of hydrogen-bond donors (Lipinski definition) is 2. The molecule has 0 saturated carbocycles. The first-order valence-electron chi connectivity index (χ1n) is 6.29. The van der Waals surface area contributed by atoms with Crippen LogP contribution in [0.25, 0.3) is 0 Å². The van der Waals surface area contributed by atoms with Gasteiger partial charge in [-0.2, -0.15) is 0 Å². The zero-order valence-electron chi connectivity index (χ0n) is 10.8. The van der Waals surface area contributed by atoms with Crippen molar-refractivity contribution in [3.8, 4) is 0 Å². The Morgan fingerprint density at radius 2 is 2.00 bits per heavy atom. The molecule has 1 aromatic heterocycles. The average molecular weight is 235 g/mol. The summed E-state index contributed by atoms with van der Waals surface area (Å²) in [6.07, 6.45) is 5.67. The Morgan fingerprint density at radius 1 is 1.29 bits per heavy atom. The normalized spacial score (nSPS) is 17.4. The van der Waals surface area contributed by atoms with E-state index in [1.54, 1.807) is 13.3 Å². The van der Waals surface area contributed by atoms with Crippen LogP contribution in [0.1, 0.15) is 44.9 Å². The summed E-state index contributed by atoms with van der Waals surface area (Å²) in [7, 11) is 0. The Hall–Kier alpha value is -1.16. The smallest absolute Gasteiger partial charge is 0.133 e. The predicted molar refractivity (Wildman–Crippen MR) is 68.1 cm³/mol. The van der Waals surface area contributed by atoms with Crippen molar-refractivity contribution in [2.24, 2.45) is 0 Å². The van der Waals surface area contributed by atoms with Crippen LogP contribution in [-0.2, 0) is 12.8 Å². The fourth-order valence-electron chi connectivity index (χ4n) is 2.04. The van der Waals surface area contributed by atoms with Gasteiger partial charge >= 0.3 is 0 Å². The lowest BCUT2D eigenvalue weighted by molar-refractivity contribution is 0.133. The number of aromatic nitrogens is 2. The summed E-state index contributed by atoms with van der Waals surface area (Å²) in [5.74, 6) is 0.889. The van der Waals surface area contributed by atoms with Crippen molar-refractivity contribution in [3.05, 3.63) is 17.6 Å². The minimum absolute atomic E-state index is 0.375. The molecule has 0 aliphatic heterocycles. The summed E-state index contributed by atoms with van der Waals surface area (Å²) in [4.78, 5) is 8.67. The standard InChI is InChI=1S/C13H21N3O/c1-9(17)13(2,3)16-12-10-6-4-5-7-11(10)14-8-15-12/h8-9,17H,4-7H2,1-3H3,(H,14,15,16). The van der Waals surface area contributed by atoms with E-state index in [9.17, 15) is 5.11 Å². The number of rotatable bonds is 3. The van der Waals surface area contributed by atoms with Crippen molar-refractivity contribution in [3.63, 3.8) is 0 Å². The van der Waals surface area contributed by atoms with E-state index in [-0.39, 0.29) is 5.54 Å². The lowest BCUT2D eigenvalue weighted by Gasteiger charge is -2.31. The molecule has 17 heavy (non-hydrogen) atoms. The molecular weight excluding hydrogens is 214 g/mol. The van der Waals surface area contributed by atoms with Gasteiger partial charge < -0.3 is 10.4 Å². The van der Waals surface area contributed by atoms with Gasteiger partial charge in [0.25, 0.3) is 0 Å². The summed E-state index contributed by atoms with van der Waals surface area (Å²) >= 11 is 0. The Balaban J connectivity index is 2.27. The van der Waals surface area contributed by atoms with Gasteiger partial charge in [0.1, 0.15) is 12.1 Å². The first-order valence-corrected chi connectivity index (χ1v) is 6.29. The lowest BCUT2D eigenvalue weighted by atomic mass is 9.94. The monoisotopic (exact) mass is 235 g/mol. The highest BCUT2D eigenvalue weighted by molar-refractivity contribution is 5.48. The third kappa shape index (κ3) is 2.57. The molecule has 2 N–H and O–H groups in total. The summed E-state index contributed by atoms with van der Waals surface area (Å²) in [6, 6.07) is 0. The third-order valence-corrected chi connectivity index (χ3v) is 3.61. The zero-order valence-corrected chi connectivity index (χ0v) is 10.8. The lowest BCUT2D eigenvalue weighted by Crippen LogP contribution is -2.42. The van der Waals surface area contributed by atoms with E-state index in [1.807, 2.05) is 13.8 Å². The fourth-order valence-corrected chi connectivity index (χ4v) is 2.04. The van der Waals surface area contributed by atoms with E-state index in [4.69, 9.17) is 0 Å². The second-order valence-electron chi connectivity index (χ2n) is 5.38. The van der Waals surface area contributed by atoms with E-state index < -0.39 is 6.10 Å². The molecule has 0 aromatic carbocycles. The molecule has 0 fully saturated rings. The Bertz CT molecular complexity index is 402. The summed E-state index contributed by atoms with van der Waals surface area (Å²) in [5, 5.41) is 13.1. The van der Waals surface area contributed by atoms with Gasteiger partial charge in [0.15, 0.2) is 0 Å². The molecule has 4 heteroatoms. The highest BCUT2D eigenvalue weighted by Crippen LogP contribution is 2.27. The van der Waals surface area contributed by atoms with Crippen LogP contribution in [0, 0.1) is 0 Å². The number of fused-ring (bicyclic) bond motifs is 1. The molecule has 4 nitrogen and oxygen atoms in total. The topological polar surface area (TPSA) is 58.0 Å². The van der Waals surface area contributed by atoms with Crippen LogP contribution in [0.4, 0.5) is 5.82 Å². The van der Waals surface area contributed by atoms with E-state index in [2.05, 4.69) is 15.3 Å². The summed E-state index contributed by atoms with van der Waals surface area (Å²) in [6.45, 7) is 5.75. The molecule has 0 spiro atoms. The van der Waals surface area contributed by atoms with Gasteiger partial charge in [-0.05, 0) is 46.5 Å². The molecule has 0 amide bonds. The zero-order chi connectivity index (χ0) is 12.5. The van der Waals surface area contributed by atoms with Crippen molar-refractivity contribution >= 4 is 5.82 Å². The van der Waals surface area contributed by atoms with Gasteiger partial charge in [-0.3, -0.25) is 0 Å². The van der Waals surface area contributed by atoms with Crippen molar-refractivity contribution in [2.75, 3.05) is 5.32 Å². The molecule has 94 valence electrons. The Labute approximate surface area is 102 Å². The maximum Gasteiger partial charge on any atom is 0.133 e. The van der Waals surface area contributed by atoms with Crippen molar-refractivity contribution < 1.29 is 5.11 Å². The molecular formula is C13H21N3O. The van der Waals surface area contributed by atoms with Crippen molar-refractivity contribution in [2.45, 2.75) is 58.1 Å². The van der Waals surface area contributed by atoms with Crippen molar-refractivity contribution in [1.82, 2.24) is 9.97 Å². The summed E-state index contributed by atoms with van der Waals surface area (Å²) in [5.41, 5.74) is 2.02. The van der Waals surface area contributed by atoms with Crippen LogP contribution in [0.15, 0.2) is 6.33 Å². The molecule has 0 radical (unpaired) electrons. The van der Waals surface area contributed by atoms with Gasteiger partial charge in [0.05, 0.1) is 11.6 Å². The van der Waals surface area contributed by atoms with Crippen molar-refractivity contribution in [1.29, 1.82) is 0 Å². The van der Waals surface area contributed by atoms with Gasteiger partial charge in [0, 0.05) is 11.3 Å². The number of anilines is 1. The molecule has 1 heterocycles. The quantitative estimate of drug-likeness (QED) is 0.840. The van der Waals surface area contributed by atoms with Crippen LogP contribution in [0.2, 0.25) is 0 Å². The first-order chi connectivity index (χ1) is 8.00. The number of nitrogens with one attached hydrogen (secondary N) is 1. The van der Waals surface area contributed by atoms with Gasteiger partial charge in [-0.25, -0.2) is 9.97 Å². The maximum absolute atomic E-state index is 9.74. The first kappa shape index (κ1) is 12.3. The average Bonchev–Trinajstić information content (AvgIpc) is 2.29. The Kier molecular flexibility index (Phi) is 3.33. The van der Waals surface area contributed by atoms with Crippen LogP contribution in [0.5, 0.6) is 0 Å². The maximum atomic E-state index is 9.74. The largest absolute Gasteiger partial charge is 0.391 e. The molecule has 0 saturated heterocycles. The second-order valence-corrected chi connectivity index (χ2v) is 5.38. The van der Waals surface area contributed by atoms with E-state index in [1.165, 1.54) is 18.4 Å². The van der Waals surface area contributed by atoms with E-state index in [0.717, 1.165) is 24.4 Å². The number of aryl methyl sites for hydroxylation is 1. The van der Waals surface area contributed by atoms with E-state index in [0.29, 0.717) is 0 Å². The minimum atomic E-state index is -0.434. The number of nitrogens with zero attached hydrogens (tertiary/aromatic N) is 2. The predicted octanol–water partition coefficient (Wildman–Crippen LogP) is 1.93. The molecule has 1 unspecified atom stereocenters. The molecule has 1 aromatic rings. The molecule has 1 aliphatic carbocycles. The molecule has 2 rings (SSSR count). The number of aliphatic hydroxyl groups is 1. The van der Waals surface area contributed by atoms with Crippen LogP contribution in [-0.4, -0.2) is 26.7 Å². The van der Waals surface area contributed by atoms with Gasteiger partial charge in [0.2, 0.25) is 0 Å². The molecule has 1 aliphatic rings. The van der Waals surface area contributed by atoms with Crippen LogP contribution in [0.3, 0.4) is 0 Å². The van der Waals surface area contributed by atoms with Gasteiger partial charge in [-0.1, -0.05) is 0 Å². The Morgan fingerprint density at radius 3 is 2.71 bits per heavy atom. The van der Waals surface area contributed by atoms with Crippen LogP contribution < -0.4 is 5.32 Å². The third-order valence-electron chi connectivity index (χ3n) is 3.61. The van der Waals surface area contributed by atoms with Gasteiger partial charge in [-0.15, -0.1) is 0 Å². The van der Waals surface area contributed by atoms with E-state index >= 15 is 0 Å². The molecule has 1 atom stereocenters. The number of hydrogen-bond acceptors (Lipinski definition) is 4. The summed E-state index contributed by atoms with van der Waals surface area (Å²) < 4.78 is 0. The fraction of sp³-hybridized carbons (Fsp3) is 0.692. The second kappa shape index (κ2) is 4.61. The SMILES string of the molecule is CC(O)C(C)(C)Nc1ncnc2c1CCCC2. The minimum Gasteiger partial charge on any atom is -0.391 e. The van der Waals surface area contributed by atoms with Crippen LogP contribution >= 0.6 is 0 Å². The molecule has 0 bridgehead atoms.